The summed E-state index contributed by atoms with van der Waals surface area (Å²) in [6.07, 6.45) is 4.23. The fourth-order valence-corrected chi connectivity index (χ4v) is 2.95. The Hall–Kier alpha value is -1.30. The Kier molecular flexibility index (Phi) is 7.95. The van der Waals surface area contributed by atoms with Gasteiger partial charge in [0.1, 0.15) is 17.1 Å². The van der Waals surface area contributed by atoms with Crippen molar-refractivity contribution in [3.63, 3.8) is 0 Å². The minimum Gasteiger partial charge on any atom is -0.489 e. The average molecular weight is 513 g/mol. The molecule has 148 valence electrons. The molecule has 0 saturated heterocycles. The third-order valence-corrected chi connectivity index (χ3v) is 4.92. The van der Waals surface area contributed by atoms with E-state index in [-0.39, 0.29) is 12.0 Å². The molecule has 0 bridgehead atoms. The topological polar surface area (TPSA) is 57.1 Å². The Morgan fingerprint density at radius 3 is 2.48 bits per heavy atom. The first-order valence-corrected chi connectivity index (χ1v) is 10.4. The number of hydrogen-bond acceptors (Lipinski definition) is 6. The highest BCUT2D eigenvalue weighted by Gasteiger charge is 2.39. The molecule has 0 radical (unpaired) electrons. The maximum atomic E-state index is 13.3. The molecule has 0 aliphatic heterocycles. The summed E-state index contributed by atoms with van der Waals surface area (Å²) in [7, 11) is 0. The van der Waals surface area contributed by atoms with Crippen LogP contribution < -0.4 is 9.47 Å². The average Bonchev–Trinajstić information content (AvgIpc) is 2.60. The molecule has 2 aromatic heterocycles. The molecule has 2 aromatic rings. The fourth-order valence-electron chi connectivity index (χ4n) is 1.97. The number of rotatable bonds is 9. The Labute approximate surface area is 173 Å². The van der Waals surface area contributed by atoms with E-state index in [4.69, 9.17) is 9.47 Å². The van der Waals surface area contributed by atoms with Crippen molar-refractivity contribution in [2.24, 2.45) is 0 Å². The third kappa shape index (κ3) is 6.37. The maximum Gasteiger partial charge on any atom is 0.320 e. The van der Waals surface area contributed by atoms with Crippen molar-refractivity contribution in [3.05, 3.63) is 24.7 Å². The maximum absolute atomic E-state index is 13.3. The molecule has 5 nitrogen and oxygen atoms in total. The van der Waals surface area contributed by atoms with E-state index in [9.17, 15) is 13.2 Å². The van der Waals surface area contributed by atoms with Gasteiger partial charge in [0.25, 0.3) is 0 Å². The smallest absolute Gasteiger partial charge is 0.320 e. The predicted octanol–water partition coefficient (Wildman–Crippen LogP) is 5.18. The van der Waals surface area contributed by atoms with E-state index in [1.54, 1.807) is 18.0 Å². The molecular weight excluding hydrogens is 494 g/mol. The van der Waals surface area contributed by atoms with Crippen LogP contribution in [0.25, 0.3) is 11.4 Å². The van der Waals surface area contributed by atoms with Crippen molar-refractivity contribution < 1.29 is 22.6 Å². The zero-order valence-electron chi connectivity index (χ0n) is 15.0. The SMILES string of the molecule is CCSc1cc(OC(C)C)cnc1-c1cnc(OCC(F)(F)C(F)I)cn1. The van der Waals surface area contributed by atoms with E-state index in [0.717, 1.165) is 33.2 Å². The zero-order chi connectivity index (χ0) is 20.0. The molecule has 0 spiro atoms. The standard InChI is InChI=1S/C17H19F3IN3O2S/c1-4-27-13-5-11(26-10(2)3)6-24-15(13)12-7-23-14(8-22-12)25-9-17(19,20)16(18)21/h5-8,10,16H,4,9H2,1-3H3. The fraction of sp³-hybridized carbons (Fsp3) is 0.471. The minimum atomic E-state index is -3.60. The number of ether oxygens (including phenoxy) is 2. The van der Waals surface area contributed by atoms with Crippen LogP contribution in [0.2, 0.25) is 0 Å². The van der Waals surface area contributed by atoms with Crippen LogP contribution in [0.15, 0.2) is 29.6 Å². The number of hydrogen-bond donors (Lipinski definition) is 0. The van der Waals surface area contributed by atoms with Crippen LogP contribution in [-0.4, -0.2) is 43.5 Å². The van der Waals surface area contributed by atoms with Crippen LogP contribution in [0.5, 0.6) is 11.6 Å². The summed E-state index contributed by atoms with van der Waals surface area (Å²) in [6.45, 7) is 4.76. The van der Waals surface area contributed by atoms with Crippen molar-refractivity contribution in [2.45, 2.75) is 41.9 Å². The Morgan fingerprint density at radius 2 is 1.93 bits per heavy atom. The van der Waals surface area contributed by atoms with Gasteiger partial charge in [-0.15, -0.1) is 11.8 Å². The lowest BCUT2D eigenvalue weighted by molar-refractivity contribution is -0.0664. The molecule has 10 heteroatoms. The zero-order valence-corrected chi connectivity index (χ0v) is 17.9. The number of alkyl halides is 4. The van der Waals surface area contributed by atoms with Gasteiger partial charge in [-0.2, -0.15) is 8.78 Å². The van der Waals surface area contributed by atoms with E-state index >= 15 is 0 Å². The first kappa shape index (κ1) is 22.0. The van der Waals surface area contributed by atoms with Gasteiger partial charge in [-0.1, -0.05) is 6.92 Å². The molecule has 1 atom stereocenters. The molecule has 2 rings (SSSR count). The molecule has 0 aromatic carbocycles. The number of aromatic nitrogens is 3. The van der Waals surface area contributed by atoms with Crippen molar-refractivity contribution in [3.8, 4) is 23.0 Å². The highest BCUT2D eigenvalue weighted by Crippen LogP contribution is 2.32. The first-order chi connectivity index (χ1) is 12.7. The normalized spacial score (nSPS) is 12.9. The molecule has 2 heterocycles. The van der Waals surface area contributed by atoms with Gasteiger partial charge in [0, 0.05) is 4.90 Å². The highest BCUT2D eigenvalue weighted by atomic mass is 127. The molecule has 0 aliphatic carbocycles. The molecule has 0 saturated carbocycles. The van der Waals surface area contributed by atoms with Crippen LogP contribution in [0.4, 0.5) is 13.2 Å². The molecule has 0 amide bonds. The van der Waals surface area contributed by atoms with Gasteiger partial charge >= 0.3 is 5.92 Å². The summed E-state index contributed by atoms with van der Waals surface area (Å²) in [4.78, 5) is 13.4. The molecule has 1 unspecified atom stereocenters. The quantitative estimate of drug-likeness (QED) is 0.262. The van der Waals surface area contributed by atoms with Crippen LogP contribution in [-0.2, 0) is 0 Å². The molecule has 0 fully saturated rings. The van der Waals surface area contributed by atoms with Crippen molar-refractivity contribution >= 4 is 34.4 Å². The Balaban J connectivity index is 2.18. The van der Waals surface area contributed by atoms with E-state index in [0.29, 0.717) is 17.1 Å². The van der Waals surface area contributed by atoms with Crippen molar-refractivity contribution in [1.82, 2.24) is 15.0 Å². The number of halogens is 4. The van der Waals surface area contributed by atoms with E-state index in [2.05, 4.69) is 15.0 Å². The van der Waals surface area contributed by atoms with Gasteiger partial charge in [0.2, 0.25) is 10.1 Å². The van der Waals surface area contributed by atoms with Crippen LogP contribution in [0.3, 0.4) is 0 Å². The summed E-state index contributed by atoms with van der Waals surface area (Å²) in [5.74, 6) is -2.23. The van der Waals surface area contributed by atoms with Gasteiger partial charge in [0.05, 0.1) is 24.7 Å². The van der Waals surface area contributed by atoms with Crippen LogP contribution in [0.1, 0.15) is 20.8 Å². The second-order valence-electron chi connectivity index (χ2n) is 5.71. The molecular formula is C17H19F3IN3O2S. The Morgan fingerprint density at radius 1 is 1.19 bits per heavy atom. The third-order valence-electron chi connectivity index (χ3n) is 3.10. The van der Waals surface area contributed by atoms with E-state index in [1.807, 2.05) is 26.8 Å². The Bertz CT molecular complexity index is 749. The summed E-state index contributed by atoms with van der Waals surface area (Å²) in [5, 5.41) is 0. The summed E-state index contributed by atoms with van der Waals surface area (Å²) in [6, 6.07) is 1.88. The van der Waals surface area contributed by atoms with Gasteiger partial charge in [0.15, 0.2) is 6.61 Å². The van der Waals surface area contributed by atoms with E-state index < -0.39 is 16.7 Å². The van der Waals surface area contributed by atoms with Gasteiger partial charge in [-0.25, -0.2) is 19.3 Å². The summed E-state index contributed by atoms with van der Waals surface area (Å²) < 4.78 is 47.5. The van der Waals surface area contributed by atoms with Gasteiger partial charge in [-0.05, 0) is 48.3 Å². The predicted molar refractivity (Wildman–Crippen MR) is 107 cm³/mol. The monoisotopic (exact) mass is 513 g/mol. The van der Waals surface area contributed by atoms with Gasteiger partial charge < -0.3 is 9.47 Å². The molecule has 0 aliphatic rings. The van der Waals surface area contributed by atoms with Crippen molar-refractivity contribution in [1.29, 1.82) is 0 Å². The van der Waals surface area contributed by atoms with Crippen molar-refractivity contribution in [2.75, 3.05) is 12.4 Å². The number of pyridine rings is 1. The summed E-state index contributed by atoms with van der Waals surface area (Å²) >= 11 is 2.58. The number of thioether (sulfide) groups is 1. The number of nitrogens with zero attached hydrogens (tertiary/aromatic N) is 3. The molecule has 27 heavy (non-hydrogen) atoms. The first-order valence-electron chi connectivity index (χ1n) is 8.13. The lowest BCUT2D eigenvalue weighted by atomic mass is 10.2. The molecule has 0 N–H and O–H groups in total. The second-order valence-corrected chi connectivity index (χ2v) is 8.11. The van der Waals surface area contributed by atoms with E-state index in [1.165, 1.54) is 12.4 Å². The lowest BCUT2D eigenvalue weighted by Crippen LogP contribution is -2.32. The summed E-state index contributed by atoms with van der Waals surface area (Å²) in [5.41, 5.74) is 1.08. The van der Waals surface area contributed by atoms with Crippen LogP contribution in [0, 0.1) is 0 Å². The highest BCUT2D eigenvalue weighted by molar-refractivity contribution is 14.1. The van der Waals surface area contributed by atoms with Gasteiger partial charge in [-0.3, -0.25) is 0 Å². The largest absolute Gasteiger partial charge is 0.489 e. The lowest BCUT2D eigenvalue weighted by Gasteiger charge is -2.16. The van der Waals surface area contributed by atoms with Crippen LogP contribution >= 0.6 is 34.4 Å². The second kappa shape index (κ2) is 9.76. The minimum absolute atomic E-state index is 0.0259.